The van der Waals surface area contributed by atoms with E-state index in [2.05, 4.69) is 5.32 Å². The molecule has 0 aliphatic heterocycles. The van der Waals surface area contributed by atoms with Crippen molar-refractivity contribution in [3.8, 4) is 5.75 Å². The lowest BCUT2D eigenvalue weighted by molar-refractivity contribution is -0.140. The van der Waals surface area contributed by atoms with Crippen molar-refractivity contribution in [1.82, 2.24) is 10.2 Å². The van der Waals surface area contributed by atoms with Crippen molar-refractivity contribution in [3.63, 3.8) is 0 Å². The number of rotatable bonds is 16. The minimum absolute atomic E-state index is 0.0411. The number of amides is 2. The summed E-state index contributed by atoms with van der Waals surface area (Å²) >= 11 is 1.50. The molecule has 0 radical (unpaired) electrons. The Morgan fingerprint density at radius 3 is 2.02 bits per heavy atom. The first-order chi connectivity index (χ1) is 22.7. The van der Waals surface area contributed by atoms with Gasteiger partial charge in [0.05, 0.1) is 17.2 Å². The first-order valence-corrected chi connectivity index (χ1v) is 18.4. The minimum Gasteiger partial charge on any atom is -0.492 e. The molecule has 0 fully saturated rings. The van der Waals surface area contributed by atoms with Gasteiger partial charge >= 0.3 is 0 Å². The van der Waals surface area contributed by atoms with Gasteiger partial charge in [-0.15, -0.1) is 11.8 Å². The molecule has 47 heavy (non-hydrogen) atoms. The Bertz CT molecular complexity index is 1700. The summed E-state index contributed by atoms with van der Waals surface area (Å²) in [5, 5.41) is 3.06. The van der Waals surface area contributed by atoms with Gasteiger partial charge in [0.15, 0.2) is 0 Å². The summed E-state index contributed by atoms with van der Waals surface area (Å²) in [4.78, 5) is 31.1. The van der Waals surface area contributed by atoms with Crippen molar-refractivity contribution in [2.75, 3.05) is 23.7 Å². The van der Waals surface area contributed by atoms with Crippen LogP contribution in [-0.4, -0.2) is 56.6 Å². The molecular weight excluding hydrogens is 631 g/mol. The third-order valence-corrected chi connectivity index (χ3v) is 10.3. The Morgan fingerprint density at radius 2 is 1.43 bits per heavy atom. The number of thioether (sulfide) groups is 1. The minimum atomic E-state index is -4.25. The molecule has 0 aliphatic carbocycles. The van der Waals surface area contributed by atoms with Gasteiger partial charge in [0.1, 0.15) is 18.3 Å². The van der Waals surface area contributed by atoms with E-state index in [0.29, 0.717) is 18.8 Å². The van der Waals surface area contributed by atoms with Crippen LogP contribution < -0.4 is 14.4 Å². The molecule has 0 unspecified atom stereocenters. The highest BCUT2D eigenvalue weighted by Gasteiger charge is 2.35. The van der Waals surface area contributed by atoms with Gasteiger partial charge in [0, 0.05) is 23.9 Å². The molecule has 4 aromatic rings. The van der Waals surface area contributed by atoms with Crippen molar-refractivity contribution < 1.29 is 22.7 Å². The molecule has 0 aromatic heterocycles. The molecule has 2 amide bonds. The van der Waals surface area contributed by atoms with Gasteiger partial charge in [-0.05, 0) is 74.0 Å². The van der Waals surface area contributed by atoms with Gasteiger partial charge in [-0.25, -0.2) is 8.42 Å². The SMILES string of the molecule is CCOc1ccccc1N(CC(=O)N(Cc1ccccc1)[C@H](Cc1ccccc1)C(=O)N[C@@H](C)CC)S(=O)(=O)c1ccc(SC)cc1. The Balaban J connectivity index is 1.83. The molecule has 4 rings (SSSR count). The van der Waals surface area contributed by atoms with Crippen LogP contribution >= 0.6 is 11.8 Å². The topological polar surface area (TPSA) is 96.0 Å². The lowest BCUT2D eigenvalue weighted by Crippen LogP contribution is -2.54. The highest BCUT2D eigenvalue weighted by Crippen LogP contribution is 2.33. The molecule has 0 saturated carbocycles. The second-order valence-corrected chi connectivity index (χ2v) is 13.9. The largest absolute Gasteiger partial charge is 0.492 e. The fraction of sp³-hybridized carbons (Fsp3) is 0.297. The van der Waals surface area contributed by atoms with Crippen molar-refractivity contribution in [2.45, 2.75) is 62.0 Å². The normalized spacial score (nSPS) is 12.5. The molecule has 4 aromatic carbocycles. The summed E-state index contributed by atoms with van der Waals surface area (Å²) in [6, 6.07) is 31.2. The quantitative estimate of drug-likeness (QED) is 0.136. The van der Waals surface area contributed by atoms with E-state index in [-0.39, 0.29) is 35.5 Å². The highest BCUT2D eigenvalue weighted by molar-refractivity contribution is 7.98. The molecule has 10 heteroatoms. The Morgan fingerprint density at radius 1 is 0.830 bits per heavy atom. The number of carbonyl (C=O) groups is 2. The van der Waals surface area contributed by atoms with Gasteiger partial charge < -0.3 is 15.0 Å². The molecule has 248 valence electrons. The number of anilines is 1. The highest BCUT2D eigenvalue weighted by atomic mass is 32.2. The van der Waals surface area contributed by atoms with Crippen LogP contribution in [-0.2, 0) is 32.6 Å². The number of hydrogen-bond acceptors (Lipinski definition) is 6. The van der Waals surface area contributed by atoms with Gasteiger partial charge in [-0.2, -0.15) is 0 Å². The molecule has 1 N–H and O–H groups in total. The van der Waals surface area contributed by atoms with E-state index in [1.807, 2.05) is 87.7 Å². The average Bonchev–Trinajstić information content (AvgIpc) is 3.09. The number of ether oxygens (including phenoxy) is 1. The summed E-state index contributed by atoms with van der Waals surface area (Å²) in [6.07, 6.45) is 2.88. The van der Waals surface area contributed by atoms with Crippen LogP contribution in [0, 0.1) is 0 Å². The van der Waals surface area contributed by atoms with Gasteiger partial charge in [0.25, 0.3) is 10.0 Å². The van der Waals surface area contributed by atoms with Crippen molar-refractivity contribution >= 4 is 39.3 Å². The zero-order chi connectivity index (χ0) is 33.8. The van der Waals surface area contributed by atoms with Crippen molar-refractivity contribution in [1.29, 1.82) is 0 Å². The standard InChI is InChI=1S/C37H43N3O5S2/c1-5-28(3)38-37(42)34(25-29-15-9-7-10-16-29)39(26-30-17-11-8-12-18-30)36(41)27-40(33-19-13-14-20-35(33)45-6-2)47(43,44)32-23-21-31(46-4)22-24-32/h7-24,28,34H,5-6,25-27H2,1-4H3,(H,38,42)/t28-,34+/m0/s1. The summed E-state index contributed by atoms with van der Waals surface area (Å²) < 4.78 is 35.7. The predicted molar refractivity (Wildman–Crippen MR) is 189 cm³/mol. The number of nitrogens with one attached hydrogen (secondary N) is 1. The number of benzene rings is 4. The third kappa shape index (κ3) is 9.39. The zero-order valence-corrected chi connectivity index (χ0v) is 29.0. The number of nitrogens with zero attached hydrogens (tertiary/aromatic N) is 2. The smallest absolute Gasteiger partial charge is 0.264 e. The van der Waals surface area contributed by atoms with E-state index in [4.69, 9.17) is 4.74 Å². The number of para-hydroxylation sites is 2. The molecule has 2 atom stereocenters. The first-order valence-electron chi connectivity index (χ1n) is 15.7. The fourth-order valence-corrected chi connectivity index (χ4v) is 6.94. The van der Waals surface area contributed by atoms with E-state index >= 15 is 0 Å². The lowest BCUT2D eigenvalue weighted by Gasteiger charge is -2.34. The van der Waals surface area contributed by atoms with Crippen LogP contribution in [0.15, 0.2) is 119 Å². The van der Waals surface area contributed by atoms with Gasteiger partial charge in [-0.1, -0.05) is 79.7 Å². The first kappa shape index (κ1) is 35.6. The second kappa shape index (κ2) is 17.0. The maximum absolute atomic E-state index is 14.7. The van der Waals surface area contributed by atoms with Crippen molar-refractivity contribution in [2.24, 2.45) is 0 Å². The van der Waals surface area contributed by atoms with E-state index in [1.165, 1.54) is 16.7 Å². The van der Waals surface area contributed by atoms with E-state index in [9.17, 15) is 18.0 Å². The predicted octanol–water partition coefficient (Wildman–Crippen LogP) is 6.56. The molecule has 0 aliphatic rings. The van der Waals surface area contributed by atoms with E-state index in [0.717, 1.165) is 20.3 Å². The number of sulfonamides is 1. The summed E-state index contributed by atoms with van der Waals surface area (Å²) in [5.41, 5.74) is 1.93. The maximum Gasteiger partial charge on any atom is 0.264 e. The third-order valence-electron chi connectivity index (χ3n) is 7.83. The van der Waals surface area contributed by atoms with Crippen LogP contribution in [0.3, 0.4) is 0 Å². The summed E-state index contributed by atoms with van der Waals surface area (Å²) in [5.74, 6) is -0.494. The van der Waals surface area contributed by atoms with Crippen molar-refractivity contribution in [3.05, 3.63) is 120 Å². The van der Waals surface area contributed by atoms with Gasteiger partial charge in [-0.3, -0.25) is 13.9 Å². The molecular formula is C37H43N3O5S2. The Kier molecular flexibility index (Phi) is 12.9. The van der Waals surface area contributed by atoms with Crippen LogP contribution in [0.25, 0.3) is 0 Å². The van der Waals surface area contributed by atoms with E-state index < -0.39 is 28.5 Å². The van der Waals surface area contributed by atoms with Crippen LogP contribution in [0.4, 0.5) is 5.69 Å². The number of hydrogen-bond donors (Lipinski definition) is 1. The summed E-state index contributed by atoms with van der Waals surface area (Å²) in [6.45, 7) is 5.57. The molecule has 0 saturated heterocycles. The average molecular weight is 674 g/mol. The zero-order valence-electron chi connectivity index (χ0n) is 27.3. The number of carbonyl (C=O) groups excluding carboxylic acids is 2. The monoisotopic (exact) mass is 673 g/mol. The van der Waals surface area contributed by atoms with Crippen LogP contribution in [0.5, 0.6) is 5.75 Å². The Hall–Kier alpha value is -4.28. The summed E-state index contributed by atoms with van der Waals surface area (Å²) in [7, 11) is -4.25. The Labute approximate surface area is 283 Å². The molecule has 0 bridgehead atoms. The molecule has 0 spiro atoms. The fourth-order valence-electron chi connectivity index (χ4n) is 5.10. The molecule has 0 heterocycles. The van der Waals surface area contributed by atoms with Crippen LogP contribution in [0.2, 0.25) is 0 Å². The lowest BCUT2D eigenvalue weighted by atomic mass is 10.0. The van der Waals surface area contributed by atoms with Gasteiger partial charge in [0.2, 0.25) is 11.8 Å². The van der Waals surface area contributed by atoms with Crippen LogP contribution in [0.1, 0.15) is 38.3 Å². The molecule has 8 nitrogen and oxygen atoms in total. The maximum atomic E-state index is 14.7. The second-order valence-electron chi connectivity index (χ2n) is 11.1. The van der Waals surface area contributed by atoms with E-state index in [1.54, 1.807) is 48.5 Å².